The molecule has 0 bridgehead atoms. The molecule has 0 saturated carbocycles. The van der Waals surface area contributed by atoms with E-state index in [9.17, 15) is 4.79 Å². The summed E-state index contributed by atoms with van der Waals surface area (Å²) in [6, 6.07) is 16.5. The predicted molar refractivity (Wildman–Crippen MR) is 105 cm³/mol. The number of rotatable bonds is 7. The van der Waals surface area contributed by atoms with Gasteiger partial charge in [0.15, 0.2) is 0 Å². The topological polar surface area (TPSA) is 101 Å². The van der Waals surface area contributed by atoms with Crippen molar-refractivity contribution < 1.29 is 13.9 Å². The van der Waals surface area contributed by atoms with Crippen LogP contribution in [-0.2, 0) is 11.2 Å². The number of nitrogens with one attached hydrogen (secondary N) is 1. The van der Waals surface area contributed by atoms with Gasteiger partial charge in [0.1, 0.15) is 11.8 Å². The lowest BCUT2D eigenvalue weighted by molar-refractivity contribution is -0.115. The lowest BCUT2D eigenvalue weighted by Gasteiger charge is -2.10. The van der Waals surface area contributed by atoms with Gasteiger partial charge in [-0.15, -0.1) is 10.2 Å². The summed E-state index contributed by atoms with van der Waals surface area (Å²) >= 11 is 1.17. The van der Waals surface area contributed by atoms with Crippen LogP contribution in [0.5, 0.6) is 5.75 Å². The van der Waals surface area contributed by atoms with Gasteiger partial charge >= 0.3 is 0 Å². The molecule has 0 aliphatic carbocycles. The van der Waals surface area contributed by atoms with Crippen molar-refractivity contribution in [2.75, 3.05) is 12.4 Å². The average molecular weight is 394 g/mol. The molecule has 28 heavy (non-hydrogen) atoms. The Kier molecular flexibility index (Phi) is 6.29. The molecule has 0 aliphatic heterocycles. The van der Waals surface area contributed by atoms with Crippen LogP contribution in [0.25, 0.3) is 0 Å². The van der Waals surface area contributed by atoms with Gasteiger partial charge in [0, 0.05) is 0 Å². The molecule has 8 heteroatoms. The van der Waals surface area contributed by atoms with E-state index in [2.05, 4.69) is 21.6 Å². The lowest BCUT2D eigenvalue weighted by Crippen LogP contribution is -2.22. The molecule has 0 saturated heterocycles. The second-order valence-electron chi connectivity index (χ2n) is 5.89. The van der Waals surface area contributed by atoms with E-state index in [0.717, 1.165) is 11.3 Å². The molecule has 1 amide bonds. The molecule has 3 rings (SSSR count). The fourth-order valence-corrected chi connectivity index (χ4v) is 3.10. The first-order chi connectivity index (χ1) is 13.6. The Balaban J connectivity index is 1.59. The summed E-state index contributed by atoms with van der Waals surface area (Å²) in [5.41, 5.74) is 1.90. The number of nitriles is 1. The molecule has 0 unspecified atom stereocenters. The Hall–Kier alpha value is -3.31. The minimum Gasteiger partial charge on any atom is -0.497 e. The van der Waals surface area contributed by atoms with Crippen molar-refractivity contribution in [3.63, 3.8) is 0 Å². The van der Waals surface area contributed by atoms with Gasteiger partial charge in [0.05, 0.1) is 30.0 Å². The molecule has 0 aliphatic rings. The van der Waals surface area contributed by atoms with E-state index in [1.165, 1.54) is 11.8 Å². The number of anilines is 1. The molecule has 142 valence electrons. The third-order valence-electron chi connectivity index (χ3n) is 3.91. The SMILES string of the molecule is COc1ccc(Cc2nnc(S[C@H](C)C(=O)Nc3ccccc3C#N)o2)cc1. The summed E-state index contributed by atoms with van der Waals surface area (Å²) in [5, 5.41) is 19.7. The van der Waals surface area contributed by atoms with Crippen molar-refractivity contribution in [1.82, 2.24) is 10.2 Å². The zero-order valence-electron chi connectivity index (χ0n) is 15.4. The maximum atomic E-state index is 12.4. The number of hydrogen-bond acceptors (Lipinski definition) is 7. The van der Waals surface area contributed by atoms with Gasteiger partial charge < -0.3 is 14.5 Å². The van der Waals surface area contributed by atoms with Crippen LogP contribution in [-0.4, -0.2) is 28.5 Å². The van der Waals surface area contributed by atoms with Gasteiger partial charge in [-0.1, -0.05) is 36.0 Å². The van der Waals surface area contributed by atoms with E-state index in [0.29, 0.717) is 28.8 Å². The van der Waals surface area contributed by atoms with Crippen LogP contribution in [0.3, 0.4) is 0 Å². The molecular formula is C20H18N4O3S. The Morgan fingerprint density at radius 3 is 2.71 bits per heavy atom. The first-order valence-corrected chi connectivity index (χ1v) is 9.39. The van der Waals surface area contributed by atoms with Crippen molar-refractivity contribution in [3.8, 4) is 11.8 Å². The number of nitrogens with zero attached hydrogens (tertiary/aromatic N) is 3. The molecule has 0 fully saturated rings. The highest BCUT2D eigenvalue weighted by atomic mass is 32.2. The highest BCUT2D eigenvalue weighted by Crippen LogP contribution is 2.24. The van der Waals surface area contributed by atoms with Crippen LogP contribution in [0.1, 0.15) is 23.9 Å². The van der Waals surface area contributed by atoms with Crippen LogP contribution in [0.4, 0.5) is 5.69 Å². The van der Waals surface area contributed by atoms with Crippen molar-refractivity contribution in [1.29, 1.82) is 5.26 Å². The minimum absolute atomic E-state index is 0.248. The maximum absolute atomic E-state index is 12.4. The number of ether oxygens (including phenoxy) is 1. The Morgan fingerprint density at radius 1 is 1.25 bits per heavy atom. The second kappa shape index (κ2) is 9.06. The number of aromatic nitrogens is 2. The summed E-state index contributed by atoms with van der Waals surface area (Å²) in [4.78, 5) is 12.4. The third kappa shape index (κ3) is 4.90. The zero-order valence-corrected chi connectivity index (χ0v) is 16.2. The quantitative estimate of drug-likeness (QED) is 0.610. The number of thioether (sulfide) groups is 1. The van der Waals surface area contributed by atoms with Gasteiger partial charge in [-0.2, -0.15) is 5.26 Å². The summed E-state index contributed by atoms with van der Waals surface area (Å²) in [6.07, 6.45) is 0.494. The van der Waals surface area contributed by atoms with Crippen LogP contribution in [0.15, 0.2) is 58.2 Å². The Morgan fingerprint density at radius 2 is 2.00 bits per heavy atom. The van der Waals surface area contributed by atoms with E-state index >= 15 is 0 Å². The summed E-state index contributed by atoms with van der Waals surface area (Å²) < 4.78 is 10.8. The normalized spacial score (nSPS) is 11.5. The zero-order chi connectivity index (χ0) is 19.9. The van der Waals surface area contributed by atoms with Gasteiger partial charge in [0.2, 0.25) is 11.8 Å². The first kappa shape index (κ1) is 19.5. The Bertz CT molecular complexity index is 995. The number of amides is 1. The standard InChI is InChI=1S/C20H18N4O3S/c1-13(19(25)22-17-6-4-3-5-15(17)12-21)28-20-24-23-18(27-20)11-14-7-9-16(26-2)10-8-14/h3-10,13H,11H2,1-2H3,(H,22,25)/t13-/m1/s1. The number of carbonyl (C=O) groups is 1. The van der Waals surface area contributed by atoms with E-state index < -0.39 is 5.25 Å². The van der Waals surface area contributed by atoms with Crippen molar-refractivity contribution in [2.45, 2.75) is 23.8 Å². The fraction of sp³-hybridized carbons (Fsp3) is 0.200. The van der Waals surface area contributed by atoms with Crippen molar-refractivity contribution >= 4 is 23.4 Å². The second-order valence-corrected chi connectivity index (χ2v) is 7.19. The molecule has 2 aromatic carbocycles. The number of hydrogen-bond donors (Lipinski definition) is 1. The molecule has 7 nitrogen and oxygen atoms in total. The van der Waals surface area contributed by atoms with Gasteiger partial charge in [-0.25, -0.2) is 0 Å². The van der Waals surface area contributed by atoms with E-state index in [-0.39, 0.29) is 5.91 Å². The van der Waals surface area contributed by atoms with Crippen LogP contribution in [0, 0.1) is 11.3 Å². The summed E-state index contributed by atoms with van der Waals surface area (Å²) in [6.45, 7) is 1.74. The third-order valence-corrected chi connectivity index (χ3v) is 4.85. The molecular weight excluding hydrogens is 376 g/mol. The lowest BCUT2D eigenvalue weighted by atomic mass is 10.1. The molecule has 1 heterocycles. The predicted octanol–water partition coefficient (Wildman–Crippen LogP) is 3.66. The molecule has 1 atom stereocenters. The average Bonchev–Trinajstić information content (AvgIpc) is 3.15. The number of benzene rings is 2. The van der Waals surface area contributed by atoms with Gasteiger partial charge in [-0.05, 0) is 36.8 Å². The first-order valence-electron chi connectivity index (χ1n) is 8.51. The van der Waals surface area contributed by atoms with E-state index in [1.54, 1.807) is 38.3 Å². The molecule has 1 N–H and O–H groups in total. The maximum Gasteiger partial charge on any atom is 0.277 e. The number of para-hydroxylation sites is 1. The van der Waals surface area contributed by atoms with Gasteiger partial charge in [0.25, 0.3) is 5.22 Å². The fourth-order valence-electron chi connectivity index (χ4n) is 2.40. The van der Waals surface area contributed by atoms with E-state index in [4.69, 9.17) is 14.4 Å². The minimum atomic E-state index is -0.471. The molecule has 3 aromatic rings. The van der Waals surface area contributed by atoms with Crippen molar-refractivity contribution in [3.05, 3.63) is 65.5 Å². The van der Waals surface area contributed by atoms with E-state index in [1.807, 2.05) is 24.3 Å². The van der Waals surface area contributed by atoms with Crippen LogP contribution < -0.4 is 10.1 Å². The largest absolute Gasteiger partial charge is 0.497 e. The van der Waals surface area contributed by atoms with Crippen LogP contribution >= 0.6 is 11.8 Å². The van der Waals surface area contributed by atoms with Crippen molar-refractivity contribution in [2.24, 2.45) is 0 Å². The highest BCUT2D eigenvalue weighted by Gasteiger charge is 2.19. The van der Waals surface area contributed by atoms with Crippen LogP contribution in [0.2, 0.25) is 0 Å². The molecule has 1 aromatic heterocycles. The molecule has 0 spiro atoms. The van der Waals surface area contributed by atoms with Gasteiger partial charge in [-0.3, -0.25) is 4.79 Å². The monoisotopic (exact) mass is 394 g/mol. The number of methoxy groups -OCH3 is 1. The smallest absolute Gasteiger partial charge is 0.277 e. The summed E-state index contributed by atoms with van der Waals surface area (Å²) in [7, 11) is 1.62. The molecule has 0 radical (unpaired) electrons. The number of carbonyl (C=O) groups excluding carboxylic acids is 1. The summed E-state index contributed by atoms with van der Waals surface area (Å²) in [5.74, 6) is 1.00. The highest BCUT2D eigenvalue weighted by molar-refractivity contribution is 8.00. The Labute approximate surface area is 166 Å².